The highest BCUT2D eigenvalue weighted by Gasteiger charge is 2.27. The van der Waals surface area contributed by atoms with Crippen molar-refractivity contribution in [2.24, 2.45) is 0 Å². The number of halogens is 1. The Morgan fingerprint density at radius 3 is 2.66 bits per heavy atom. The van der Waals surface area contributed by atoms with Gasteiger partial charge in [-0.05, 0) is 66.6 Å². The van der Waals surface area contributed by atoms with Crippen LogP contribution >= 0.6 is 22.9 Å². The molecule has 32 heavy (non-hydrogen) atoms. The van der Waals surface area contributed by atoms with Gasteiger partial charge in [0.25, 0.3) is 15.9 Å². The zero-order chi connectivity index (χ0) is 22.9. The second kappa shape index (κ2) is 9.51. The summed E-state index contributed by atoms with van der Waals surface area (Å²) in [6.45, 7) is 1.99. The van der Waals surface area contributed by atoms with Crippen LogP contribution in [-0.4, -0.2) is 31.7 Å². The number of aryl methyl sites for hydroxylation is 1. The molecule has 170 valence electrons. The van der Waals surface area contributed by atoms with Crippen molar-refractivity contribution in [3.05, 3.63) is 64.2 Å². The molecular formula is C24H27ClN2O3S2. The highest BCUT2D eigenvalue weighted by molar-refractivity contribution is 7.91. The lowest BCUT2D eigenvalue weighted by Crippen LogP contribution is -2.36. The second-order valence-electron chi connectivity index (χ2n) is 8.42. The number of fused-ring (bicyclic) bond motifs is 1. The SMILES string of the molecule is Cc1c(S(=O)(=O)N(C)Cc2cccc(C(=O)NC3CCCCC3)c2)sc2ccc(Cl)cc12. The van der Waals surface area contributed by atoms with Gasteiger partial charge in [-0.25, -0.2) is 8.42 Å². The molecule has 8 heteroatoms. The van der Waals surface area contributed by atoms with Crippen molar-refractivity contribution in [2.75, 3.05) is 7.05 Å². The highest BCUT2D eigenvalue weighted by atomic mass is 35.5. The molecule has 1 aromatic heterocycles. The van der Waals surface area contributed by atoms with Crippen LogP contribution in [0.5, 0.6) is 0 Å². The van der Waals surface area contributed by atoms with E-state index >= 15 is 0 Å². The van der Waals surface area contributed by atoms with Gasteiger partial charge < -0.3 is 5.32 Å². The molecule has 5 nitrogen and oxygen atoms in total. The van der Waals surface area contributed by atoms with Crippen molar-refractivity contribution < 1.29 is 13.2 Å². The molecule has 0 spiro atoms. The molecule has 2 aromatic carbocycles. The minimum Gasteiger partial charge on any atom is -0.349 e. The molecule has 1 saturated carbocycles. The largest absolute Gasteiger partial charge is 0.349 e. The lowest BCUT2D eigenvalue weighted by atomic mass is 9.95. The van der Waals surface area contributed by atoms with E-state index in [0.717, 1.165) is 41.3 Å². The van der Waals surface area contributed by atoms with Crippen LogP contribution in [0.25, 0.3) is 10.1 Å². The fourth-order valence-corrected chi connectivity index (χ4v) is 7.49. The Balaban J connectivity index is 1.52. The number of thiophene rings is 1. The molecule has 1 N–H and O–H groups in total. The molecule has 1 heterocycles. The van der Waals surface area contributed by atoms with E-state index in [-0.39, 0.29) is 18.5 Å². The van der Waals surface area contributed by atoms with Crippen molar-refractivity contribution in [2.45, 2.75) is 55.8 Å². The number of hydrogen-bond donors (Lipinski definition) is 1. The fraction of sp³-hybridized carbons (Fsp3) is 0.375. The molecule has 0 aliphatic heterocycles. The first-order valence-electron chi connectivity index (χ1n) is 10.8. The van der Waals surface area contributed by atoms with Gasteiger partial charge in [-0.2, -0.15) is 4.31 Å². The van der Waals surface area contributed by atoms with Crippen molar-refractivity contribution in [1.82, 2.24) is 9.62 Å². The highest BCUT2D eigenvalue weighted by Crippen LogP contribution is 2.37. The van der Waals surface area contributed by atoms with Gasteiger partial charge in [0.05, 0.1) is 0 Å². The smallest absolute Gasteiger partial charge is 0.252 e. The molecule has 3 aromatic rings. The van der Waals surface area contributed by atoms with E-state index in [4.69, 9.17) is 11.6 Å². The number of nitrogens with one attached hydrogen (secondary N) is 1. The Kier molecular flexibility index (Phi) is 6.91. The number of nitrogens with zero attached hydrogens (tertiary/aromatic N) is 1. The zero-order valence-corrected chi connectivity index (χ0v) is 20.6. The summed E-state index contributed by atoms with van der Waals surface area (Å²) in [4.78, 5) is 12.7. The van der Waals surface area contributed by atoms with Gasteiger partial charge in [-0.3, -0.25) is 4.79 Å². The molecule has 0 bridgehead atoms. The summed E-state index contributed by atoms with van der Waals surface area (Å²) in [7, 11) is -2.12. The molecule has 4 rings (SSSR count). The van der Waals surface area contributed by atoms with Gasteiger partial charge >= 0.3 is 0 Å². The molecule has 1 fully saturated rings. The van der Waals surface area contributed by atoms with Gasteiger partial charge in [0, 0.05) is 34.9 Å². The first-order valence-corrected chi connectivity index (χ1v) is 13.4. The summed E-state index contributed by atoms with van der Waals surface area (Å²) < 4.78 is 29.2. The normalized spacial score (nSPS) is 15.4. The van der Waals surface area contributed by atoms with Gasteiger partial charge in [0.15, 0.2) is 0 Å². The third kappa shape index (κ3) is 4.86. The molecule has 0 unspecified atom stereocenters. The van der Waals surface area contributed by atoms with Crippen LogP contribution in [0.15, 0.2) is 46.7 Å². The van der Waals surface area contributed by atoms with E-state index in [0.29, 0.717) is 20.4 Å². The third-order valence-electron chi connectivity index (χ3n) is 6.03. The Morgan fingerprint density at radius 1 is 1.16 bits per heavy atom. The summed E-state index contributed by atoms with van der Waals surface area (Å²) in [5.74, 6) is -0.0958. The maximum absolute atomic E-state index is 13.3. The summed E-state index contributed by atoms with van der Waals surface area (Å²) in [5.41, 5.74) is 2.04. The second-order valence-corrected chi connectivity index (χ2v) is 12.2. The fourth-order valence-electron chi connectivity index (χ4n) is 4.23. The van der Waals surface area contributed by atoms with Crippen molar-refractivity contribution in [3.8, 4) is 0 Å². The maximum Gasteiger partial charge on any atom is 0.252 e. The first kappa shape index (κ1) is 23.2. The lowest BCUT2D eigenvalue weighted by Gasteiger charge is -2.23. The molecular weight excluding hydrogens is 464 g/mol. The van der Waals surface area contributed by atoms with Crippen molar-refractivity contribution >= 4 is 49.0 Å². The van der Waals surface area contributed by atoms with Crippen molar-refractivity contribution in [1.29, 1.82) is 0 Å². The van der Waals surface area contributed by atoms with Crippen LogP contribution in [0.2, 0.25) is 5.02 Å². The topological polar surface area (TPSA) is 66.5 Å². The average molecular weight is 491 g/mol. The number of carbonyl (C=O) groups excluding carboxylic acids is 1. The van der Waals surface area contributed by atoms with E-state index in [9.17, 15) is 13.2 Å². The van der Waals surface area contributed by atoms with Gasteiger partial charge in [0.1, 0.15) is 4.21 Å². The molecule has 1 amide bonds. The Labute approximate surface area is 198 Å². The minimum absolute atomic E-state index is 0.0958. The Bertz CT molecular complexity index is 1250. The standard InChI is InChI=1S/C24H27ClN2O3S2/c1-16-21-14-19(25)11-12-22(21)31-24(16)32(29,30)27(2)15-17-7-6-8-18(13-17)23(28)26-20-9-4-3-5-10-20/h6-8,11-14,20H,3-5,9-10,15H2,1-2H3,(H,26,28). The number of sulfonamides is 1. The number of hydrogen-bond acceptors (Lipinski definition) is 4. The van der Waals surface area contributed by atoms with Crippen LogP contribution in [0.1, 0.15) is 53.6 Å². The molecule has 0 radical (unpaired) electrons. The number of rotatable bonds is 6. The van der Waals surface area contributed by atoms with Crippen LogP contribution in [0.3, 0.4) is 0 Å². The molecule has 0 saturated heterocycles. The predicted molar refractivity (Wildman–Crippen MR) is 131 cm³/mol. The van der Waals surface area contributed by atoms with Crippen LogP contribution in [0, 0.1) is 6.92 Å². The predicted octanol–water partition coefficient (Wildman–Crippen LogP) is 5.75. The van der Waals surface area contributed by atoms with E-state index in [1.807, 2.05) is 19.1 Å². The van der Waals surface area contributed by atoms with E-state index in [1.165, 1.54) is 22.1 Å². The van der Waals surface area contributed by atoms with Crippen LogP contribution in [0.4, 0.5) is 0 Å². The Hall–Kier alpha value is -1.93. The number of amides is 1. The quantitative estimate of drug-likeness (QED) is 0.478. The van der Waals surface area contributed by atoms with E-state index in [2.05, 4.69) is 5.32 Å². The average Bonchev–Trinajstić information content (AvgIpc) is 3.11. The minimum atomic E-state index is -3.69. The van der Waals surface area contributed by atoms with Crippen LogP contribution in [-0.2, 0) is 16.6 Å². The molecule has 1 aliphatic rings. The number of benzene rings is 2. The lowest BCUT2D eigenvalue weighted by molar-refractivity contribution is 0.0927. The summed E-state index contributed by atoms with van der Waals surface area (Å²) >= 11 is 7.35. The van der Waals surface area contributed by atoms with Gasteiger partial charge in [-0.15, -0.1) is 11.3 Å². The van der Waals surface area contributed by atoms with Crippen LogP contribution < -0.4 is 5.32 Å². The van der Waals surface area contributed by atoms with E-state index < -0.39 is 10.0 Å². The first-order chi connectivity index (χ1) is 15.3. The van der Waals surface area contributed by atoms with E-state index in [1.54, 1.807) is 37.4 Å². The van der Waals surface area contributed by atoms with Crippen molar-refractivity contribution in [3.63, 3.8) is 0 Å². The summed E-state index contributed by atoms with van der Waals surface area (Å²) in [6, 6.07) is 12.9. The van der Waals surface area contributed by atoms with Gasteiger partial charge in [0.2, 0.25) is 0 Å². The zero-order valence-electron chi connectivity index (χ0n) is 18.2. The Morgan fingerprint density at radius 2 is 1.91 bits per heavy atom. The summed E-state index contributed by atoms with van der Waals surface area (Å²) in [5, 5.41) is 4.56. The maximum atomic E-state index is 13.3. The molecule has 0 atom stereocenters. The number of carbonyl (C=O) groups is 1. The molecule has 1 aliphatic carbocycles. The van der Waals surface area contributed by atoms with Gasteiger partial charge in [-0.1, -0.05) is 43.0 Å². The monoisotopic (exact) mass is 490 g/mol. The summed E-state index contributed by atoms with van der Waals surface area (Å²) in [6.07, 6.45) is 5.57. The third-order valence-corrected chi connectivity index (χ3v) is 9.94.